The normalized spacial score (nSPS) is 10.2. The Labute approximate surface area is 144 Å². The second kappa shape index (κ2) is 7.10. The molecule has 0 fully saturated rings. The number of hydrogen-bond acceptors (Lipinski definition) is 3. The molecule has 0 radical (unpaired) electrons. The van der Waals surface area contributed by atoms with Crippen molar-refractivity contribution in [3.63, 3.8) is 0 Å². The van der Waals surface area contributed by atoms with Crippen LogP contribution in [0, 0.1) is 6.92 Å². The quantitative estimate of drug-likeness (QED) is 0.734. The third-order valence-corrected chi connectivity index (χ3v) is 4.16. The summed E-state index contributed by atoms with van der Waals surface area (Å²) in [4.78, 5) is 24.8. The second-order valence-electron chi connectivity index (χ2n) is 5.34. The molecule has 2 N–H and O–H groups in total. The van der Waals surface area contributed by atoms with Crippen molar-refractivity contribution in [1.29, 1.82) is 0 Å². The predicted octanol–water partition coefficient (Wildman–Crippen LogP) is 4.56. The fourth-order valence-electron chi connectivity index (χ4n) is 2.30. The standard InChI is InChI=1S/C19H16N2O2S/c1-13-5-4-6-15(11-13)20-19(23)16-7-2-3-8-17(16)21-18(22)14-9-10-24-12-14/h2-12H,1H3,(H,20,23)(H,21,22). The highest BCUT2D eigenvalue weighted by Gasteiger charge is 2.14. The molecule has 0 aliphatic heterocycles. The number of benzene rings is 2. The van der Waals surface area contributed by atoms with Crippen LogP contribution in [0.5, 0.6) is 0 Å². The number of para-hydroxylation sites is 1. The van der Waals surface area contributed by atoms with Gasteiger partial charge in [0.05, 0.1) is 16.8 Å². The molecular weight excluding hydrogens is 320 g/mol. The van der Waals surface area contributed by atoms with Crippen LogP contribution >= 0.6 is 11.3 Å². The summed E-state index contributed by atoms with van der Waals surface area (Å²) in [6.07, 6.45) is 0. The number of anilines is 2. The molecule has 0 saturated carbocycles. The molecule has 3 aromatic rings. The number of aryl methyl sites for hydroxylation is 1. The number of nitrogens with one attached hydrogen (secondary N) is 2. The number of amides is 2. The molecule has 0 spiro atoms. The molecule has 0 bridgehead atoms. The zero-order valence-electron chi connectivity index (χ0n) is 13.1. The van der Waals surface area contributed by atoms with Gasteiger partial charge in [-0.1, -0.05) is 24.3 Å². The SMILES string of the molecule is Cc1cccc(NC(=O)c2ccccc2NC(=O)c2ccsc2)c1. The number of carbonyl (C=O) groups excluding carboxylic acids is 2. The summed E-state index contributed by atoms with van der Waals surface area (Å²) < 4.78 is 0. The monoisotopic (exact) mass is 336 g/mol. The summed E-state index contributed by atoms with van der Waals surface area (Å²) in [5.41, 5.74) is 3.26. The lowest BCUT2D eigenvalue weighted by Crippen LogP contribution is -2.18. The van der Waals surface area contributed by atoms with E-state index in [-0.39, 0.29) is 11.8 Å². The van der Waals surface area contributed by atoms with E-state index in [9.17, 15) is 9.59 Å². The fraction of sp³-hybridized carbons (Fsp3) is 0.0526. The third kappa shape index (κ3) is 3.70. The van der Waals surface area contributed by atoms with Gasteiger partial charge < -0.3 is 10.6 Å². The van der Waals surface area contributed by atoms with Gasteiger partial charge in [-0.25, -0.2) is 0 Å². The topological polar surface area (TPSA) is 58.2 Å². The maximum absolute atomic E-state index is 12.6. The van der Waals surface area contributed by atoms with Gasteiger partial charge in [0.1, 0.15) is 0 Å². The average Bonchev–Trinajstić information content (AvgIpc) is 3.10. The summed E-state index contributed by atoms with van der Waals surface area (Å²) >= 11 is 1.45. The van der Waals surface area contributed by atoms with E-state index in [1.807, 2.05) is 36.6 Å². The van der Waals surface area contributed by atoms with Crippen molar-refractivity contribution >= 4 is 34.5 Å². The van der Waals surface area contributed by atoms with Gasteiger partial charge in [-0.05, 0) is 48.2 Å². The summed E-state index contributed by atoms with van der Waals surface area (Å²) in [6, 6.07) is 16.3. The number of carbonyl (C=O) groups is 2. The molecule has 3 rings (SSSR count). The highest BCUT2D eigenvalue weighted by Crippen LogP contribution is 2.19. The van der Waals surface area contributed by atoms with E-state index in [2.05, 4.69) is 10.6 Å². The molecule has 0 aliphatic rings. The molecular formula is C19H16N2O2S. The first-order valence-electron chi connectivity index (χ1n) is 7.44. The third-order valence-electron chi connectivity index (χ3n) is 3.48. The van der Waals surface area contributed by atoms with E-state index >= 15 is 0 Å². The van der Waals surface area contributed by atoms with Crippen molar-refractivity contribution < 1.29 is 9.59 Å². The molecule has 0 saturated heterocycles. The Kier molecular flexibility index (Phi) is 4.72. The van der Waals surface area contributed by atoms with Gasteiger partial charge >= 0.3 is 0 Å². The Hall–Kier alpha value is -2.92. The molecule has 0 aliphatic carbocycles. The zero-order chi connectivity index (χ0) is 16.9. The van der Waals surface area contributed by atoms with Gasteiger partial charge in [0, 0.05) is 11.1 Å². The van der Waals surface area contributed by atoms with Crippen molar-refractivity contribution in [3.05, 3.63) is 82.0 Å². The zero-order valence-corrected chi connectivity index (χ0v) is 13.9. The second-order valence-corrected chi connectivity index (χ2v) is 6.12. The molecule has 2 aromatic carbocycles. The Morgan fingerprint density at radius 2 is 1.75 bits per heavy atom. The minimum absolute atomic E-state index is 0.230. The van der Waals surface area contributed by atoms with Crippen LogP contribution in [0.3, 0.4) is 0 Å². The molecule has 4 nitrogen and oxygen atoms in total. The largest absolute Gasteiger partial charge is 0.322 e. The summed E-state index contributed by atoms with van der Waals surface area (Å²) in [5.74, 6) is -0.492. The summed E-state index contributed by atoms with van der Waals surface area (Å²) in [6.45, 7) is 1.96. The lowest BCUT2D eigenvalue weighted by atomic mass is 10.1. The van der Waals surface area contributed by atoms with Gasteiger partial charge in [0.2, 0.25) is 0 Å². The lowest BCUT2D eigenvalue weighted by Gasteiger charge is -2.11. The Morgan fingerprint density at radius 1 is 0.917 bits per heavy atom. The van der Waals surface area contributed by atoms with Crippen LogP contribution < -0.4 is 10.6 Å². The van der Waals surface area contributed by atoms with Gasteiger partial charge in [0.25, 0.3) is 11.8 Å². The van der Waals surface area contributed by atoms with Crippen molar-refractivity contribution in [3.8, 4) is 0 Å². The molecule has 1 aromatic heterocycles. The van der Waals surface area contributed by atoms with E-state index in [4.69, 9.17) is 0 Å². The van der Waals surface area contributed by atoms with Gasteiger partial charge in [-0.15, -0.1) is 0 Å². The van der Waals surface area contributed by atoms with Crippen LogP contribution in [-0.4, -0.2) is 11.8 Å². The van der Waals surface area contributed by atoms with Crippen molar-refractivity contribution in [2.24, 2.45) is 0 Å². The van der Waals surface area contributed by atoms with Gasteiger partial charge in [-0.3, -0.25) is 9.59 Å². The first-order valence-corrected chi connectivity index (χ1v) is 8.38. The van der Waals surface area contributed by atoms with Crippen molar-refractivity contribution in [1.82, 2.24) is 0 Å². The first-order chi connectivity index (χ1) is 11.6. The predicted molar refractivity (Wildman–Crippen MR) is 97.8 cm³/mol. The van der Waals surface area contributed by atoms with Crippen molar-refractivity contribution in [2.45, 2.75) is 6.92 Å². The Morgan fingerprint density at radius 3 is 2.50 bits per heavy atom. The molecule has 0 unspecified atom stereocenters. The van der Waals surface area contributed by atoms with Crippen molar-refractivity contribution in [2.75, 3.05) is 10.6 Å². The molecule has 120 valence electrons. The smallest absolute Gasteiger partial charge is 0.257 e. The van der Waals surface area contributed by atoms with Crippen LogP contribution in [0.2, 0.25) is 0 Å². The van der Waals surface area contributed by atoms with Crippen LogP contribution in [0.25, 0.3) is 0 Å². The molecule has 1 heterocycles. The molecule has 24 heavy (non-hydrogen) atoms. The maximum atomic E-state index is 12.6. The lowest BCUT2D eigenvalue weighted by molar-refractivity contribution is 0.102. The first kappa shape index (κ1) is 16.0. The van der Waals surface area contributed by atoms with E-state index in [1.165, 1.54) is 11.3 Å². The molecule has 5 heteroatoms. The molecule has 2 amide bonds. The van der Waals surface area contributed by atoms with E-state index in [1.54, 1.807) is 35.7 Å². The maximum Gasteiger partial charge on any atom is 0.257 e. The number of rotatable bonds is 4. The number of thiophene rings is 1. The minimum atomic E-state index is -0.262. The Bertz CT molecular complexity index is 873. The highest BCUT2D eigenvalue weighted by atomic mass is 32.1. The van der Waals surface area contributed by atoms with E-state index in [0.717, 1.165) is 11.3 Å². The van der Waals surface area contributed by atoms with Gasteiger partial charge in [-0.2, -0.15) is 11.3 Å². The van der Waals surface area contributed by atoms with Crippen LogP contribution in [0.1, 0.15) is 26.3 Å². The average molecular weight is 336 g/mol. The van der Waals surface area contributed by atoms with Crippen LogP contribution in [0.4, 0.5) is 11.4 Å². The summed E-state index contributed by atoms with van der Waals surface area (Å²) in [5, 5.41) is 9.26. The highest BCUT2D eigenvalue weighted by molar-refractivity contribution is 7.08. The fourth-order valence-corrected chi connectivity index (χ4v) is 2.94. The summed E-state index contributed by atoms with van der Waals surface area (Å²) in [7, 11) is 0. The number of hydrogen-bond donors (Lipinski definition) is 2. The van der Waals surface area contributed by atoms with Gasteiger partial charge in [0.15, 0.2) is 0 Å². The van der Waals surface area contributed by atoms with Crippen LogP contribution in [-0.2, 0) is 0 Å². The van der Waals surface area contributed by atoms with E-state index < -0.39 is 0 Å². The van der Waals surface area contributed by atoms with E-state index in [0.29, 0.717) is 16.8 Å². The van der Waals surface area contributed by atoms with Crippen LogP contribution in [0.15, 0.2) is 65.4 Å². The minimum Gasteiger partial charge on any atom is -0.322 e. The Balaban J connectivity index is 1.80. The molecule has 0 atom stereocenters.